The van der Waals surface area contributed by atoms with Crippen molar-refractivity contribution in [2.75, 3.05) is 19.3 Å². The van der Waals surface area contributed by atoms with Gasteiger partial charge in [-0.15, -0.1) is 11.8 Å². The molecule has 0 spiro atoms. The second-order valence-corrected chi connectivity index (χ2v) is 5.95. The quantitative estimate of drug-likeness (QED) is 0.518. The number of likely N-dealkylation sites (tertiary alicyclic amines) is 1. The highest BCUT2D eigenvalue weighted by molar-refractivity contribution is 7.98. The van der Waals surface area contributed by atoms with Crippen LogP contribution in [0.3, 0.4) is 0 Å². The molecule has 1 N–H and O–H groups in total. The van der Waals surface area contributed by atoms with Crippen LogP contribution >= 0.6 is 11.8 Å². The lowest BCUT2D eigenvalue weighted by Gasteiger charge is -2.30. The molecule has 7 nitrogen and oxygen atoms in total. The fraction of sp³-hybridized carbons (Fsp3) is 0.429. The van der Waals surface area contributed by atoms with Gasteiger partial charge in [0, 0.05) is 24.1 Å². The van der Waals surface area contributed by atoms with Crippen molar-refractivity contribution in [1.82, 2.24) is 4.90 Å². The van der Waals surface area contributed by atoms with Crippen LogP contribution in [0.2, 0.25) is 0 Å². The lowest BCUT2D eigenvalue weighted by Crippen LogP contribution is -2.42. The van der Waals surface area contributed by atoms with Gasteiger partial charge in [-0.3, -0.25) is 19.7 Å². The molecule has 0 unspecified atom stereocenters. The van der Waals surface area contributed by atoms with Gasteiger partial charge in [-0.2, -0.15) is 0 Å². The summed E-state index contributed by atoms with van der Waals surface area (Å²) in [7, 11) is 0. The molecule has 0 radical (unpaired) electrons. The molecule has 2 rings (SSSR count). The van der Waals surface area contributed by atoms with E-state index in [1.54, 1.807) is 6.07 Å². The minimum Gasteiger partial charge on any atom is -0.481 e. The largest absolute Gasteiger partial charge is 0.481 e. The Hall–Kier alpha value is -2.09. The third kappa shape index (κ3) is 3.38. The average Bonchev–Trinajstić information content (AvgIpc) is 2.53. The number of carboxylic acid groups (broad SMARTS) is 1. The Bertz CT molecular complexity index is 619. The molecule has 1 aliphatic rings. The molecular formula is C14H16N2O5S. The van der Waals surface area contributed by atoms with Crippen LogP contribution in [-0.4, -0.2) is 46.2 Å². The van der Waals surface area contributed by atoms with Crippen LogP contribution in [0.15, 0.2) is 23.1 Å². The number of carbonyl (C=O) groups excluding carboxylic acids is 1. The number of amides is 1. The van der Waals surface area contributed by atoms with Gasteiger partial charge in [0.15, 0.2) is 0 Å². The van der Waals surface area contributed by atoms with E-state index in [9.17, 15) is 19.7 Å². The highest BCUT2D eigenvalue weighted by Gasteiger charge is 2.31. The van der Waals surface area contributed by atoms with Gasteiger partial charge in [-0.1, -0.05) is 0 Å². The monoisotopic (exact) mass is 324 g/mol. The maximum absolute atomic E-state index is 12.6. The number of piperidine rings is 1. The van der Waals surface area contributed by atoms with Crippen molar-refractivity contribution in [2.45, 2.75) is 17.7 Å². The van der Waals surface area contributed by atoms with Crippen LogP contribution in [0.25, 0.3) is 0 Å². The van der Waals surface area contributed by atoms with E-state index in [4.69, 9.17) is 5.11 Å². The first kappa shape index (κ1) is 16.3. The van der Waals surface area contributed by atoms with Crippen molar-refractivity contribution in [3.05, 3.63) is 33.9 Å². The van der Waals surface area contributed by atoms with Crippen LogP contribution in [-0.2, 0) is 4.79 Å². The summed E-state index contributed by atoms with van der Waals surface area (Å²) < 4.78 is 0. The number of carboxylic acids is 1. The molecule has 1 aromatic carbocycles. The van der Waals surface area contributed by atoms with Crippen molar-refractivity contribution in [1.29, 1.82) is 0 Å². The fourth-order valence-electron chi connectivity index (χ4n) is 2.51. The van der Waals surface area contributed by atoms with Gasteiger partial charge in [0.25, 0.3) is 11.6 Å². The van der Waals surface area contributed by atoms with Crippen LogP contribution in [0.5, 0.6) is 0 Å². The van der Waals surface area contributed by atoms with E-state index >= 15 is 0 Å². The second-order valence-electron chi connectivity index (χ2n) is 5.07. The van der Waals surface area contributed by atoms with Crippen molar-refractivity contribution < 1.29 is 19.6 Å². The molecule has 1 saturated heterocycles. The lowest BCUT2D eigenvalue weighted by atomic mass is 9.97. The first-order valence-corrected chi connectivity index (χ1v) is 8.01. The fourth-order valence-corrected chi connectivity index (χ4v) is 2.95. The Labute approximate surface area is 131 Å². The molecule has 0 aromatic heterocycles. The molecule has 1 fully saturated rings. The SMILES string of the molecule is CSc1ccc([N+](=O)[O-])c(C(=O)N2CCC[C@H](C(=O)O)C2)c1. The maximum atomic E-state index is 12.6. The smallest absolute Gasteiger partial charge is 0.308 e. The number of rotatable bonds is 4. The summed E-state index contributed by atoms with van der Waals surface area (Å²) in [5.41, 5.74) is -0.233. The molecule has 0 aliphatic carbocycles. The van der Waals surface area contributed by atoms with Crippen molar-refractivity contribution in [3.63, 3.8) is 0 Å². The van der Waals surface area contributed by atoms with E-state index in [1.165, 1.54) is 28.8 Å². The first-order valence-electron chi connectivity index (χ1n) is 6.78. The van der Waals surface area contributed by atoms with Crippen LogP contribution in [0.4, 0.5) is 5.69 Å². The third-order valence-corrected chi connectivity index (χ3v) is 4.41. The van der Waals surface area contributed by atoms with E-state index in [1.807, 2.05) is 6.26 Å². The summed E-state index contributed by atoms with van der Waals surface area (Å²) in [4.78, 5) is 36.3. The predicted octanol–water partition coefficient (Wildman–Crippen LogP) is 2.25. The molecule has 118 valence electrons. The molecule has 1 aromatic rings. The van der Waals surface area contributed by atoms with E-state index < -0.39 is 22.7 Å². The summed E-state index contributed by atoms with van der Waals surface area (Å²) in [6, 6.07) is 4.41. The topological polar surface area (TPSA) is 101 Å². The summed E-state index contributed by atoms with van der Waals surface area (Å²) in [6.45, 7) is 0.512. The number of aliphatic carboxylic acids is 1. The number of nitro groups is 1. The Balaban J connectivity index is 2.31. The number of hydrogen-bond acceptors (Lipinski definition) is 5. The molecule has 1 aliphatic heterocycles. The van der Waals surface area contributed by atoms with Crippen LogP contribution in [0, 0.1) is 16.0 Å². The molecular weight excluding hydrogens is 308 g/mol. The van der Waals surface area contributed by atoms with Gasteiger partial charge in [0.2, 0.25) is 0 Å². The van der Waals surface area contributed by atoms with Crippen molar-refractivity contribution in [2.24, 2.45) is 5.92 Å². The molecule has 1 heterocycles. The maximum Gasteiger partial charge on any atom is 0.308 e. The number of carbonyl (C=O) groups is 2. The number of benzene rings is 1. The first-order chi connectivity index (χ1) is 10.4. The van der Waals surface area contributed by atoms with Gasteiger partial charge in [-0.05, 0) is 31.2 Å². The molecule has 0 bridgehead atoms. The van der Waals surface area contributed by atoms with E-state index in [2.05, 4.69) is 0 Å². The highest BCUT2D eigenvalue weighted by Crippen LogP contribution is 2.27. The minimum absolute atomic E-state index is 0.0166. The highest BCUT2D eigenvalue weighted by atomic mass is 32.2. The molecule has 0 saturated carbocycles. The van der Waals surface area contributed by atoms with Crippen LogP contribution in [0.1, 0.15) is 23.2 Å². The van der Waals surface area contributed by atoms with Crippen LogP contribution < -0.4 is 0 Å². The van der Waals surface area contributed by atoms with Crippen molar-refractivity contribution in [3.8, 4) is 0 Å². The summed E-state index contributed by atoms with van der Waals surface area (Å²) in [5, 5.41) is 20.2. The third-order valence-electron chi connectivity index (χ3n) is 3.69. The second kappa shape index (κ2) is 6.78. The van der Waals surface area contributed by atoms with Gasteiger partial charge >= 0.3 is 5.97 Å². The standard InChI is InChI=1S/C14H16N2O5S/c1-22-10-4-5-12(16(20)21)11(7-10)13(17)15-6-2-3-9(8-15)14(18)19/h4-5,7,9H,2-3,6,8H2,1H3,(H,18,19)/t9-/m0/s1. The van der Waals surface area contributed by atoms with E-state index in [0.29, 0.717) is 19.4 Å². The molecule has 22 heavy (non-hydrogen) atoms. The van der Waals surface area contributed by atoms with Crippen molar-refractivity contribution >= 4 is 29.3 Å². The molecule has 1 atom stereocenters. The summed E-state index contributed by atoms with van der Waals surface area (Å²) in [6.07, 6.45) is 2.92. The van der Waals surface area contributed by atoms with Gasteiger partial charge in [0.1, 0.15) is 5.56 Å². The number of nitrogens with zero attached hydrogens (tertiary/aromatic N) is 2. The van der Waals surface area contributed by atoms with E-state index in [0.717, 1.165) is 4.90 Å². The Morgan fingerprint density at radius 2 is 2.18 bits per heavy atom. The number of hydrogen-bond donors (Lipinski definition) is 1. The Morgan fingerprint density at radius 1 is 1.45 bits per heavy atom. The van der Waals surface area contributed by atoms with Gasteiger partial charge < -0.3 is 10.0 Å². The van der Waals surface area contributed by atoms with Gasteiger partial charge in [-0.25, -0.2) is 0 Å². The Morgan fingerprint density at radius 3 is 2.77 bits per heavy atom. The molecule has 1 amide bonds. The zero-order valence-corrected chi connectivity index (χ0v) is 12.8. The lowest BCUT2D eigenvalue weighted by molar-refractivity contribution is -0.385. The normalized spacial score (nSPS) is 18.0. The number of nitro benzene ring substituents is 1. The average molecular weight is 324 g/mol. The summed E-state index contributed by atoms with van der Waals surface area (Å²) in [5.74, 6) is -2.03. The minimum atomic E-state index is -0.940. The Kier molecular flexibility index (Phi) is 5.02. The predicted molar refractivity (Wildman–Crippen MR) is 81.1 cm³/mol. The van der Waals surface area contributed by atoms with E-state index in [-0.39, 0.29) is 17.8 Å². The zero-order chi connectivity index (χ0) is 16.3. The summed E-state index contributed by atoms with van der Waals surface area (Å²) >= 11 is 1.39. The molecule has 8 heteroatoms. The number of thioether (sulfide) groups is 1. The van der Waals surface area contributed by atoms with Gasteiger partial charge in [0.05, 0.1) is 10.8 Å². The zero-order valence-electron chi connectivity index (χ0n) is 12.0.